The molecule has 1 heterocycles. The standard InChI is InChI=1S/C18H35NO/c1-2-14-19-17(12-13-18-9-6-15-20-18)11-10-16-7-4-3-5-8-16/h16-19H,2-15H2,1H3. The Balaban J connectivity index is 1.64. The van der Waals surface area contributed by atoms with Crippen LogP contribution in [0, 0.1) is 5.92 Å². The van der Waals surface area contributed by atoms with Crippen molar-refractivity contribution in [3.8, 4) is 0 Å². The Bertz CT molecular complexity index is 232. The first-order valence-electron chi connectivity index (χ1n) is 9.23. The van der Waals surface area contributed by atoms with Gasteiger partial charge in [-0.25, -0.2) is 0 Å². The predicted octanol–water partition coefficient (Wildman–Crippen LogP) is 4.67. The molecule has 1 aliphatic carbocycles. The second-order valence-corrected chi connectivity index (χ2v) is 6.94. The average Bonchev–Trinajstić information content (AvgIpc) is 3.01. The number of ether oxygens (including phenoxy) is 1. The number of hydrogen-bond donors (Lipinski definition) is 1. The summed E-state index contributed by atoms with van der Waals surface area (Å²) in [5.74, 6) is 1.03. The summed E-state index contributed by atoms with van der Waals surface area (Å²) in [6, 6.07) is 0.737. The molecule has 0 bridgehead atoms. The highest BCUT2D eigenvalue weighted by atomic mass is 16.5. The monoisotopic (exact) mass is 281 g/mol. The molecule has 0 spiro atoms. The van der Waals surface area contributed by atoms with Gasteiger partial charge in [-0.15, -0.1) is 0 Å². The normalized spacial score (nSPS) is 25.9. The molecule has 1 aliphatic heterocycles. The van der Waals surface area contributed by atoms with Gasteiger partial charge in [-0.2, -0.15) is 0 Å². The lowest BCUT2D eigenvalue weighted by Gasteiger charge is -2.25. The summed E-state index contributed by atoms with van der Waals surface area (Å²) in [6.07, 6.45) is 17.2. The first-order valence-corrected chi connectivity index (χ1v) is 9.23. The zero-order valence-electron chi connectivity index (χ0n) is 13.5. The number of hydrogen-bond acceptors (Lipinski definition) is 2. The maximum Gasteiger partial charge on any atom is 0.0576 e. The maximum absolute atomic E-state index is 5.77. The van der Waals surface area contributed by atoms with E-state index in [9.17, 15) is 0 Å². The van der Waals surface area contributed by atoms with Crippen molar-refractivity contribution < 1.29 is 4.74 Å². The lowest BCUT2D eigenvalue weighted by molar-refractivity contribution is 0.0989. The summed E-state index contributed by atoms with van der Waals surface area (Å²) in [4.78, 5) is 0. The van der Waals surface area contributed by atoms with Crippen LogP contribution in [-0.4, -0.2) is 25.3 Å². The molecule has 118 valence electrons. The van der Waals surface area contributed by atoms with Gasteiger partial charge < -0.3 is 10.1 Å². The van der Waals surface area contributed by atoms with Crippen molar-refractivity contribution in [2.24, 2.45) is 5.92 Å². The van der Waals surface area contributed by atoms with Gasteiger partial charge in [0.2, 0.25) is 0 Å². The van der Waals surface area contributed by atoms with E-state index in [1.807, 2.05) is 0 Å². The molecular formula is C18H35NO. The van der Waals surface area contributed by atoms with Gasteiger partial charge in [-0.3, -0.25) is 0 Å². The topological polar surface area (TPSA) is 21.3 Å². The van der Waals surface area contributed by atoms with Crippen molar-refractivity contribution in [2.75, 3.05) is 13.2 Å². The van der Waals surface area contributed by atoms with Crippen LogP contribution in [0.15, 0.2) is 0 Å². The van der Waals surface area contributed by atoms with E-state index in [1.54, 1.807) is 0 Å². The Morgan fingerprint density at radius 3 is 2.50 bits per heavy atom. The smallest absolute Gasteiger partial charge is 0.0576 e. The molecule has 1 saturated heterocycles. The zero-order valence-corrected chi connectivity index (χ0v) is 13.5. The Kier molecular flexibility index (Phi) is 7.97. The Morgan fingerprint density at radius 2 is 1.80 bits per heavy atom. The molecule has 0 amide bonds. The molecule has 20 heavy (non-hydrogen) atoms. The van der Waals surface area contributed by atoms with Gasteiger partial charge in [0.05, 0.1) is 6.10 Å². The van der Waals surface area contributed by atoms with Gasteiger partial charge in [0.25, 0.3) is 0 Å². The summed E-state index contributed by atoms with van der Waals surface area (Å²) in [6.45, 7) is 4.45. The molecule has 2 fully saturated rings. The molecular weight excluding hydrogens is 246 g/mol. The van der Waals surface area contributed by atoms with Crippen LogP contribution in [0.25, 0.3) is 0 Å². The van der Waals surface area contributed by atoms with Crippen molar-refractivity contribution in [3.05, 3.63) is 0 Å². The summed E-state index contributed by atoms with van der Waals surface area (Å²) in [5.41, 5.74) is 0. The Morgan fingerprint density at radius 1 is 1.00 bits per heavy atom. The molecule has 0 radical (unpaired) electrons. The Hall–Kier alpha value is -0.0800. The third-order valence-electron chi connectivity index (χ3n) is 5.19. The van der Waals surface area contributed by atoms with Crippen LogP contribution in [0.3, 0.4) is 0 Å². The molecule has 0 aromatic carbocycles. The van der Waals surface area contributed by atoms with Crippen LogP contribution < -0.4 is 5.32 Å². The summed E-state index contributed by atoms with van der Waals surface area (Å²) >= 11 is 0. The molecule has 2 heteroatoms. The first kappa shape index (κ1) is 16.3. The maximum atomic E-state index is 5.77. The molecule has 1 N–H and O–H groups in total. The predicted molar refractivity (Wildman–Crippen MR) is 86.1 cm³/mol. The minimum atomic E-state index is 0.565. The highest BCUT2D eigenvalue weighted by Gasteiger charge is 2.19. The highest BCUT2D eigenvalue weighted by Crippen LogP contribution is 2.28. The van der Waals surface area contributed by atoms with E-state index in [2.05, 4.69) is 12.2 Å². The highest BCUT2D eigenvalue weighted by molar-refractivity contribution is 4.75. The van der Waals surface area contributed by atoms with Crippen LogP contribution in [0.4, 0.5) is 0 Å². The van der Waals surface area contributed by atoms with Crippen molar-refractivity contribution in [1.29, 1.82) is 0 Å². The van der Waals surface area contributed by atoms with Gasteiger partial charge in [0, 0.05) is 12.6 Å². The van der Waals surface area contributed by atoms with Gasteiger partial charge >= 0.3 is 0 Å². The van der Waals surface area contributed by atoms with Gasteiger partial charge in [-0.05, 0) is 57.4 Å². The fraction of sp³-hybridized carbons (Fsp3) is 1.00. The quantitative estimate of drug-likeness (QED) is 0.663. The zero-order chi connectivity index (χ0) is 14.0. The van der Waals surface area contributed by atoms with Crippen LogP contribution in [-0.2, 0) is 4.74 Å². The molecule has 1 saturated carbocycles. The van der Waals surface area contributed by atoms with Crippen LogP contribution in [0.2, 0.25) is 0 Å². The molecule has 0 aromatic rings. The van der Waals surface area contributed by atoms with E-state index < -0.39 is 0 Å². The molecule has 0 aromatic heterocycles. The largest absolute Gasteiger partial charge is 0.378 e. The summed E-state index contributed by atoms with van der Waals surface area (Å²) < 4.78 is 5.77. The van der Waals surface area contributed by atoms with Crippen LogP contribution in [0.5, 0.6) is 0 Å². The fourth-order valence-electron chi connectivity index (χ4n) is 3.87. The second kappa shape index (κ2) is 9.78. The fourth-order valence-corrected chi connectivity index (χ4v) is 3.87. The van der Waals surface area contributed by atoms with Crippen LogP contribution in [0.1, 0.15) is 84.0 Å². The van der Waals surface area contributed by atoms with Gasteiger partial charge in [0.15, 0.2) is 0 Å². The lowest BCUT2D eigenvalue weighted by Crippen LogP contribution is -2.31. The summed E-state index contributed by atoms with van der Waals surface area (Å²) in [7, 11) is 0. The van der Waals surface area contributed by atoms with Crippen molar-refractivity contribution in [3.63, 3.8) is 0 Å². The van der Waals surface area contributed by atoms with Gasteiger partial charge in [0.1, 0.15) is 0 Å². The molecule has 2 atom stereocenters. The van der Waals surface area contributed by atoms with E-state index in [-0.39, 0.29) is 0 Å². The van der Waals surface area contributed by atoms with Crippen molar-refractivity contribution >= 4 is 0 Å². The van der Waals surface area contributed by atoms with E-state index >= 15 is 0 Å². The third kappa shape index (κ3) is 6.13. The Labute approximate surface area is 126 Å². The second-order valence-electron chi connectivity index (χ2n) is 6.94. The molecule has 2 rings (SSSR count). The number of rotatable bonds is 9. The van der Waals surface area contributed by atoms with E-state index in [4.69, 9.17) is 4.74 Å². The molecule has 2 nitrogen and oxygen atoms in total. The van der Waals surface area contributed by atoms with Gasteiger partial charge in [-0.1, -0.05) is 39.0 Å². The summed E-state index contributed by atoms with van der Waals surface area (Å²) in [5, 5.41) is 3.78. The minimum absolute atomic E-state index is 0.565. The first-order chi connectivity index (χ1) is 9.88. The average molecular weight is 281 g/mol. The van der Waals surface area contributed by atoms with Crippen molar-refractivity contribution in [2.45, 2.75) is 96.1 Å². The van der Waals surface area contributed by atoms with Crippen LogP contribution >= 0.6 is 0 Å². The number of nitrogens with one attached hydrogen (secondary N) is 1. The molecule has 2 aliphatic rings. The van der Waals surface area contributed by atoms with E-state index in [0.717, 1.165) is 18.6 Å². The third-order valence-corrected chi connectivity index (χ3v) is 5.19. The van der Waals surface area contributed by atoms with Crippen molar-refractivity contribution in [1.82, 2.24) is 5.32 Å². The lowest BCUT2D eigenvalue weighted by atomic mass is 9.84. The SMILES string of the molecule is CCCNC(CCC1CCCCC1)CCC1CCCO1. The molecule has 2 unspecified atom stereocenters. The minimum Gasteiger partial charge on any atom is -0.378 e. The van der Waals surface area contributed by atoms with E-state index in [0.29, 0.717) is 6.10 Å². The van der Waals surface area contributed by atoms with E-state index in [1.165, 1.54) is 83.6 Å².